The van der Waals surface area contributed by atoms with Gasteiger partial charge in [-0.15, -0.1) is 0 Å². The molecule has 43 heavy (non-hydrogen) atoms. The molecule has 4 aromatic carbocycles. The molecule has 2 unspecified atom stereocenters. The second kappa shape index (κ2) is 6.61. The quantitative estimate of drug-likeness (QED) is 0.278. The lowest BCUT2D eigenvalue weighted by atomic mass is 9.66. The number of hydrogen-bond donors (Lipinski definition) is 2. The van der Waals surface area contributed by atoms with Crippen molar-refractivity contribution in [1.29, 1.82) is 0 Å². The summed E-state index contributed by atoms with van der Waals surface area (Å²) < 4.78 is 4.68. The molecule has 0 fully saturated rings. The van der Waals surface area contributed by atoms with Crippen molar-refractivity contribution in [2.45, 2.75) is 30.1 Å². The highest BCUT2D eigenvalue weighted by atomic mass is 15.6. The fourth-order valence-corrected chi connectivity index (χ4v) is 10.2. The van der Waals surface area contributed by atoms with Gasteiger partial charge in [-0.2, -0.15) is 0 Å². The Balaban J connectivity index is 1.32. The van der Waals surface area contributed by atoms with E-state index in [-0.39, 0.29) is 5.92 Å². The van der Waals surface area contributed by atoms with E-state index in [0.29, 0.717) is 0 Å². The van der Waals surface area contributed by atoms with Gasteiger partial charge in [-0.3, -0.25) is 0 Å². The Morgan fingerprint density at radius 2 is 1.14 bits per heavy atom. The Morgan fingerprint density at radius 1 is 0.651 bits per heavy atom. The molecular weight excluding hydrogens is 532 g/mol. The molecule has 12 rings (SSSR count). The first-order chi connectivity index (χ1) is 21.1. The lowest BCUT2D eigenvalue weighted by Crippen LogP contribution is -2.84. The number of aromatic nitrogens is 4. The number of hydrogen-bond acceptors (Lipinski definition) is 6. The van der Waals surface area contributed by atoms with Crippen molar-refractivity contribution < 1.29 is 9.36 Å². The van der Waals surface area contributed by atoms with Crippen LogP contribution in [0.4, 0.5) is 11.4 Å². The van der Waals surface area contributed by atoms with Crippen molar-refractivity contribution in [3.63, 3.8) is 0 Å². The molecule has 0 bridgehead atoms. The number of nitrogens with zero attached hydrogens (tertiary/aromatic N) is 6. The second-order valence-corrected chi connectivity index (χ2v) is 13.3. The first-order valence-electron chi connectivity index (χ1n) is 15.3. The molecule has 2 spiro atoms. The van der Waals surface area contributed by atoms with Gasteiger partial charge in [0.1, 0.15) is 0 Å². The molecule has 0 saturated heterocycles. The van der Waals surface area contributed by atoms with E-state index in [9.17, 15) is 0 Å². The summed E-state index contributed by atoms with van der Waals surface area (Å²) in [5.74, 6) is 1.23. The van der Waals surface area contributed by atoms with Crippen LogP contribution in [0, 0.1) is 0 Å². The summed E-state index contributed by atoms with van der Waals surface area (Å²) in [7, 11) is 4.37. The first-order valence-corrected chi connectivity index (χ1v) is 15.3. The van der Waals surface area contributed by atoms with Gasteiger partial charge >= 0.3 is 17.2 Å². The molecular formula is C35H28N8+2. The van der Waals surface area contributed by atoms with E-state index < -0.39 is 11.3 Å². The Hall–Kier alpha value is -4.66. The van der Waals surface area contributed by atoms with Crippen molar-refractivity contribution in [3.05, 3.63) is 128 Å². The molecule has 7 aliphatic rings. The second-order valence-electron chi connectivity index (χ2n) is 13.3. The maximum absolute atomic E-state index is 5.22. The SMILES string of the molecule is CN1CNC23c4c(cccc41)Cc1ccc4c(c12)C1c2c-4ccc4c2C2(NCN(C)c5cccc(c52)C4)[n+]2ncn[n+]3c21. The molecule has 4 aliphatic heterocycles. The molecule has 1 aromatic heterocycles. The van der Waals surface area contributed by atoms with E-state index in [4.69, 9.17) is 10.2 Å². The van der Waals surface area contributed by atoms with E-state index in [0.717, 1.165) is 32.0 Å². The molecule has 206 valence electrons. The zero-order chi connectivity index (χ0) is 28.0. The summed E-state index contributed by atoms with van der Waals surface area (Å²) in [5.41, 5.74) is 17.9. The van der Waals surface area contributed by atoms with Gasteiger partial charge in [-0.05, 0) is 69.5 Å². The van der Waals surface area contributed by atoms with Crippen LogP contribution < -0.4 is 29.8 Å². The Kier molecular flexibility index (Phi) is 3.38. The molecule has 5 heterocycles. The number of rotatable bonds is 0. The lowest BCUT2D eigenvalue weighted by molar-refractivity contribution is -0.937. The highest BCUT2D eigenvalue weighted by Crippen LogP contribution is 2.62. The summed E-state index contributed by atoms with van der Waals surface area (Å²) in [5, 5.41) is 18.6. The van der Waals surface area contributed by atoms with Gasteiger partial charge < -0.3 is 9.80 Å². The summed E-state index contributed by atoms with van der Waals surface area (Å²) in [6, 6.07) is 23.2. The maximum atomic E-state index is 5.22. The average Bonchev–Trinajstić information content (AvgIpc) is 3.38. The van der Waals surface area contributed by atoms with E-state index in [2.05, 4.69) is 105 Å². The normalized spacial score (nSPS) is 26.1. The minimum atomic E-state index is -0.616. The first kappa shape index (κ1) is 22.0. The van der Waals surface area contributed by atoms with Gasteiger partial charge in [-0.1, -0.05) is 48.5 Å². The van der Waals surface area contributed by atoms with Crippen LogP contribution in [0.3, 0.4) is 0 Å². The van der Waals surface area contributed by atoms with Gasteiger partial charge in [-0.25, -0.2) is 10.6 Å². The fourth-order valence-electron chi connectivity index (χ4n) is 10.2. The van der Waals surface area contributed by atoms with Crippen LogP contribution >= 0.6 is 0 Å². The van der Waals surface area contributed by atoms with Crippen LogP contribution in [0.25, 0.3) is 11.1 Å². The zero-order valence-corrected chi connectivity index (χ0v) is 23.9. The predicted octanol–water partition coefficient (Wildman–Crippen LogP) is 2.14. The van der Waals surface area contributed by atoms with Crippen molar-refractivity contribution >= 4 is 11.4 Å². The topological polar surface area (TPSA) is 64.1 Å². The van der Waals surface area contributed by atoms with Gasteiger partial charge in [0.05, 0.1) is 35.6 Å². The standard InChI is InChI=1S/C35H28N8/c1-40-16-36-34-29-18(5-3-7-24(29)40)13-20-9-11-22-23-12-10-21-14-19-6-4-8-25-30(19)35(37-17-41(25)2)32(21)27(23)28(26(22)31(20)34)33-42(34)38-15-39-43(33)35/h3-12,15,28,36-37H,13-14,16-17H2,1-2H3/q+2. The molecule has 0 amide bonds. The Labute approximate surface area is 248 Å². The van der Waals surface area contributed by atoms with E-state index in [1.807, 2.05) is 0 Å². The molecule has 8 heteroatoms. The molecule has 0 saturated carbocycles. The third kappa shape index (κ3) is 2.04. The monoisotopic (exact) mass is 560 g/mol. The van der Waals surface area contributed by atoms with Gasteiger partial charge in [0.15, 0.2) is 5.92 Å². The Morgan fingerprint density at radius 3 is 1.65 bits per heavy atom. The van der Waals surface area contributed by atoms with Gasteiger partial charge in [0.2, 0.25) is 6.33 Å². The van der Waals surface area contributed by atoms with Crippen molar-refractivity contribution in [2.75, 3.05) is 37.2 Å². The molecule has 0 radical (unpaired) electrons. The van der Waals surface area contributed by atoms with Crippen LogP contribution in [-0.2, 0) is 24.2 Å². The lowest BCUT2D eigenvalue weighted by Gasteiger charge is -2.48. The van der Waals surface area contributed by atoms with Gasteiger partial charge in [0.25, 0.3) is 0 Å². The maximum Gasteiger partial charge on any atom is 0.485 e. The van der Waals surface area contributed by atoms with Crippen molar-refractivity contribution in [2.24, 2.45) is 0 Å². The van der Waals surface area contributed by atoms with Crippen LogP contribution in [0.5, 0.6) is 0 Å². The number of anilines is 2. The minimum Gasteiger partial charge on any atom is -0.361 e. The van der Waals surface area contributed by atoms with Crippen LogP contribution in [0.2, 0.25) is 0 Å². The van der Waals surface area contributed by atoms with Crippen LogP contribution in [-0.4, -0.2) is 37.6 Å². The minimum absolute atomic E-state index is 0.0812. The fraction of sp³-hybridized carbons (Fsp3) is 0.257. The van der Waals surface area contributed by atoms with Gasteiger partial charge in [0, 0.05) is 45.0 Å². The van der Waals surface area contributed by atoms with Crippen molar-refractivity contribution in [3.8, 4) is 11.1 Å². The number of nitrogens with one attached hydrogen (secondary N) is 2. The van der Waals surface area contributed by atoms with E-state index >= 15 is 0 Å². The molecule has 5 aromatic rings. The zero-order valence-electron chi connectivity index (χ0n) is 23.9. The Bertz CT molecular complexity index is 2070. The molecule has 2 N–H and O–H groups in total. The van der Waals surface area contributed by atoms with E-state index in [1.165, 1.54) is 78.1 Å². The number of benzene rings is 4. The van der Waals surface area contributed by atoms with Crippen LogP contribution in [0.1, 0.15) is 67.4 Å². The largest absolute Gasteiger partial charge is 0.485 e. The highest BCUT2D eigenvalue weighted by molar-refractivity contribution is 5.87. The summed E-state index contributed by atoms with van der Waals surface area (Å²) in [6.45, 7) is 1.45. The highest BCUT2D eigenvalue weighted by Gasteiger charge is 2.73. The molecule has 2 atom stereocenters. The molecule has 8 nitrogen and oxygen atoms in total. The summed E-state index contributed by atoms with van der Waals surface area (Å²) in [4.78, 5) is 4.68. The third-order valence-corrected chi connectivity index (χ3v) is 11.6. The third-order valence-electron chi connectivity index (χ3n) is 11.6. The van der Waals surface area contributed by atoms with Crippen LogP contribution in [0.15, 0.2) is 67.0 Å². The number of fused-ring (bicyclic) bond motifs is 1. The summed E-state index contributed by atoms with van der Waals surface area (Å²) >= 11 is 0. The van der Waals surface area contributed by atoms with Crippen molar-refractivity contribution in [1.82, 2.24) is 20.8 Å². The molecule has 3 aliphatic carbocycles. The summed E-state index contributed by atoms with van der Waals surface area (Å²) in [6.07, 6.45) is 3.65. The average molecular weight is 561 g/mol. The predicted molar refractivity (Wildman–Crippen MR) is 159 cm³/mol. The van der Waals surface area contributed by atoms with E-state index in [1.54, 1.807) is 6.33 Å². The smallest absolute Gasteiger partial charge is 0.361 e.